The Kier molecular flexibility index (Phi) is 4.80. The van der Waals surface area contributed by atoms with Crippen molar-refractivity contribution >= 4 is 0 Å². The molecule has 0 saturated carbocycles. The Morgan fingerprint density at radius 1 is 1.00 bits per heavy atom. The van der Waals surface area contributed by atoms with Crippen LogP contribution < -0.4 is 10.5 Å². The van der Waals surface area contributed by atoms with Gasteiger partial charge in [-0.15, -0.1) is 0 Å². The molecule has 0 fully saturated rings. The summed E-state index contributed by atoms with van der Waals surface area (Å²) >= 11 is 0. The second kappa shape index (κ2) is 6.58. The van der Waals surface area contributed by atoms with Gasteiger partial charge in [0.15, 0.2) is 0 Å². The summed E-state index contributed by atoms with van der Waals surface area (Å²) in [4.78, 5) is 0. The van der Waals surface area contributed by atoms with Crippen LogP contribution in [-0.2, 0) is 6.42 Å². The number of benzene rings is 2. The summed E-state index contributed by atoms with van der Waals surface area (Å²) in [6.45, 7) is 6.30. The van der Waals surface area contributed by atoms with Crippen molar-refractivity contribution in [3.05, 3.63) is 59.2 Å². The van der Waals surface area contributed by atoms with Gasteiger partial charge in [0, 0.05) is 6.04 Å². The van der Waals surface area contributed by atoms with Gasteiger partial charge in [0.2, 0.25) is 0 Å². The van der Waals surface area contributed by atoms with Crippen molar-refractivity contribution in [2.24, 2.45) is 5.73 Å². The Balaban J connectivity index is 2.27. The zero-order valence-electron chi connectivity index (χ0n) is 12.5. The molecule has 0 saturated heterocycles. The molecule has 0 heterocycles. The molecule has 0 bridgehead atoms. The number of hydrogen-bond donors (Lipinski definition) is 1. The topological polar surface area (TPSA) is 35.2 Å². The van der Waals surface area contributed by atoms with Crippen LogP contribution in [0.2, 0.25) is 0 Å². The number of rotatable bonds is 5. The van der Waals surface area contributed by atoms with Crippen LogP contribution in [0.1, 0.15) is 30.0 Å². The average Bonchev–Trinajstić information content (AvgIpc) is 2.45. The summed E-state index contributed by atoms with van der Waals surface area (Å²) in [5.74, 6) is 1.83. The predicted octanol–water partition coefficient (Wildman–Crippen LogP) is 4.38. The molecule has 1 unspecified atom stereocenters. The van der Waals surface area contributed by atoms with Gasteiger partial charge in [0.25, 0.3) is 0 Å². The second-order valence-corrected chi connectivity index (χ2v) is 5.28. The van der Waals surface area contributed by atoms with Crippen LogP contribution in [-0.4, -0.2) is 6.04 Å². The molecule has 0 aliphatic rings. The average molecular weight is 269 g/mol. The lowest BCUT2D eigenvalue weighted by Crippen LogP contribution is -2.21. The summed E-state index contributed by atoms with van der Waals surface area (Å²) in [6.07, 6.45) is 1.81. The Hall–Kier alpha value is -1.80. The van der Waals surface area contributed by atoms with E-state index in [-0.39, 0.29) is 6.04 Å². The van der Waals surface area contributed by atoms with E-state index in [1.165, 1.54) is 16.7 Å². The molecule has 0 aliphatic heterocycles. The molecular weight excluding hydrogens is 246 g/mol. The van der Waals surface area contributed by atoms with Gasteiger partial charge in [-0.25, -0.2) is 0 Å². The van der Waals surface area contributed by atoms with Crippen molar-refractivity contribution in [2.45, 2.75) is 39.7 Å². The van der Waals surface area contributed by atoms with Gasteiger partial charge < -0.3 is 10.5 Å². The Bertz CT molecular complexity index is 577. The van der Waals surface area contributed by atoms with E-state index in [2.05, 4.69) is 32.9 Å². The van der Waals surface area contributed by atoms with Crippen molar-refractivity contribution < 1.29 is 4.74 Å². The summed E-state index contributed by atoms with van der Waals surface area (Å²) in [5.41, 5.74) is 9.66. The molecule has 1 atom stereocenters. The highest BCUT2D eigenvalue weighted by Gasteiger charge is 2.10. The fourth-order valence-corrected chi connectivity index (χ4v) is 2.15. The highest BCUT2D eigenvalue weighted by molar-refractivity contribution is 5.43. The van der Waals surface area contributed by atoms with E-state index in [1.807, 2.05) is 30.3 Å². The molecule has 0 amide bonds. The Morgan fingerprint density at radius 2 is 1.70 bits per heavy atom. The molecule has 2 N–H and O–H groups in total. The van der Waals surface area contributed by atoms with Gasteiger partial charge in [0.05, 0.1) is 0 Å². The summed E-state index contributed by atoms with van der Waals surface area (Å²) in [5, 5.41) is 0. The molecule has 2 nitrogen and oxygen atoms in total. The minimum absolute atomic E-state index is 0.179. The standard InChI is InChI=1S/C18H23NO/c1-4-16(19)12-15-9-5-6-10-18(15)20-17-11-7-8-13(2)14(17)3/h5-11,16H,4,12,19H2,1-3H3. The number of aryl methyl sites for hydroxylation is 1. The molecule has 2 aromatic carbocycles. The summed E-state index contributed by atoms with van der Waals surface area (Å²) in [7, 11) is 0. The molecule has 2 aromatic rings. The highest BCUT2D eigenvalue weighted by Crippen LogP contribution is 2.29. The third-order valence-corrected chi connectivity index (χ3v) is 3.75. The minimum atomic E-state index is 0.179. The molecular formula is C18H23NO. The number of hydrogen-bond acceptors (Lipinski definition) is 2. The molecule has 2 heteroatoms. The van der Waals surface area contributed by atoms with E-state index in [0.717, 1.165) is 24.3 Å². The monoisotopic (exact) mass is 269 g/mol. The van der Waals surface area contributed by atoms with E-state index in [9.17, 15) is 0 Å². The van der Waals surface area contributed by atoms with Gasteiger partial charge in [-0.3, -0.25) is 0 Å². The van der Waals surface area contributed by atoms with Crippen molar-refractivity contribution in [1.82, 2.24) is 0 Å². The molecule has 0 spiro atoms. The van der Waals surface area contributed by atoms with Crippen LogP contribution in [0, 0.1) is 13.8 Å². The Morgan fingerprint density at radius 3 is 2.45 bits per heavy atom. The van der Waals surface area contributed by atoms with E-state index >= 15 is 0 Å². The third-order valence-electron chi connectivity index (χ3n) is 3.75. The normalized spacial score (nSPS) is 12.2. The van der Waals surface area contributed by atoms with Crippen LogP contribution in [0.4, 0.5) is 0 Å². The van der Waals surface area contributed by atoms with Crippen LogP contribution in [0.3, 0.4) is 0 Å². The molecule has 0 aromatic heterocycles. The van der Waals surface area contributed by atoms with Crippen molar-refractivity contribution in [1.29, 1.82) is 0 Å². The second-order valence-electron chi connectivity index (χ2n) is 5.28. The number of para-hydroxylation sites is 1. The molecule has 20 heavy (non-hydrogen) atoms. The third kappa shape index (κ3) is 3.40. The molecule has 0 radical (unpaired) electrons. The Labute approximate surface area is 121 Å². The fraction of sp³-hybridized carbons (Fsp3) is 0.333. The molecule has 106 valence electrons. The maximum absolute atomic E-state index is 6.11. The van der Waals surface area contributed by atoms with Crippen LogP contribution in [0.15, 0.2) is 42.5 Å². The first-order valence-electron chi connectivity index (χ1n) is 7.19. The van der Waals surface area contributed by atoms with Gasteiger partial charge in [-0.1, -0.05) is 37.3 Å². The maximum atomic E-state index is 6.11. The lowest BCUT2D eigenvalue weighted by Gasteiger charge is -2.16. The fourth-order valence-electron chi connectivity index (χ4n) is 2.15. The number of ether oxygens (including phenoxy) is 1. The largest absolute Gasteiger partial charge is 0.457 e. The molecule has 0 aliphatic carbocycles. The van der Waals surface area contributed by atoms with Gasteiger partial charge in [-0.2, -0.15) is 0 Å². The first-order chi connectivity index (χ1) is 9.61. The summed E-state index contributed by atoms with van der Waals surface area (Å²) in [6, 6.07) is 14.5. The SMILES string of the molecule is CCC(N)Cc1ccccc1Oc1cccc(C)c1C. The van der Waals surface area contributed by atoms with Gasteiger partial charge in [0.1, 0.15) is 11.5 Å². The van der Waals surface area contributed by atoms with Crippen molar-refractivity contribution in [3.8, 4) is 11.5 Å². The lowest BCUT2D eigenvalue weighted by atomic mass is 10.0. The first-order valence-corrected chi connectivity index (χ1v) is 7.19. The van der Waals surface area contributed by atoms with E-state index < -0.39 is 0 Å². The van der Waals surface area contributed by atoms with Crippen LogP contribution >= 0.6 is 0 Å². The van der Waals surface area contributed by atoms with Gasteiger partial charge >= 0.3 is 0 Å². The molecule has 2 rings (SSSR count). The lowest BCUT2D eigenvalue weighted by molar-refractivity contribution is 0.468. The van der Waals surface area contributed by atoms with Crippen molar-refractivity contribution in [3.63, 3.8) is 0 Å². The maximum Gasteiger partial charge on any atom is 0.130 e. The zero-order chi connectivity index (χ0) is 14.5. The van der Waals surface area contributed by atoms with Crippen LogP contribution in [0.25, 0.3) is 0 Å². The quantitative estimate of drug-likeness (QED) is 0.874. The number of nitrogens with two attached hydrogens (primary N) is 1. The van der Waals surface area contributed by atoms with E-state index in [1.54, 1.807) is 0 Å². The van der Waals surface area contributed by atoms with Crippen molar-refractivity contribution in [2.75, 3.05) is 0 Å². The highest BCUT2D eigenvalue weighted by atomic mass is 16.5. The first kappa shape index (κ1) is 14.6. The minimum Gasteiger partial charge on any atom is -0.457 e. The van der Waals surface area contributed by atoms with E-state index in [0.29, 0.717) is 0 Å². The predicted molar refractivity (Wildman–Crippen MR) is 84.4 cm³/mol. The summed E-state index contributed by atoms with van der Waals surface area (Å²) < 4.78 is 6.11. The zero-order valence-corrected chi connectivity index (χ0v) is 12.5. The van der Waals surface area contributed by atoms with E-state index in [4.69, 9.17) is 10.5 Å². The van der Waals surface area contributed by atoms with Gasteiger partial charge in [-0.05, 0) is 55.5 Å². The smallest absolute Gasteiger partial charge is 0.130 e. The van der Waals surface area contributed by atoms with Crippen LogP contribution in [0.5, 0.6) is 11.5 Å².